The third kappa shape index (κ3) is 3.77. The zero-order chi connectivity index (χ0) is 21.5. The molecule has 158 valence electrons. The molecule has 3 aromatic rings. The standard InChI is InChI=1S/C23H22N4OS3/c1-4-5-12-27-21(28)20(22-26(3)17-8-6-7-9-18(17)30-22)31-23(27)25-15-10-11-16-19(13-15)29-14(2)24-16/h6-11,13H,4-5,12H2,1-3H3. The van der Waals surface area contributed by atoms with Crippen LogP contribution >= 0.6 is 34.9 Å². The molecule has 1 fully saturated rings. The zero-order valence-electron chi connectivity index (χ0n) is 17.6. The SMILES string of the molecule is CCCCN1C(=O)C(=C2Sc3ccccc3N2C)SC1=Nc1ccc2nc(C)sc2c1. The molecule has 0 spiro atoms. The Bertz CT molecular complexity index is 1250. The molecular formula is C23H22N4OS3. The number of carbonyl (C=O) groups excluding carboxylic acids is 1. The summed E-state index contributed by atoms with van der Waals surface area (Å²) in [5.41, 5.74) is 2.99. The van der Waals surface area contributed by atoms with E-state index in [1.54, 1.807) is 23.1 Å². The fourth-order valence-corrected chi connectivity index (χ4v) is 6.87. The normalized spacial score (nSPS) is 19.8. The van der Waals surface area contributed by atoms with E-state index in [2.05, 4.69) is 35.0 Å². The first-order chi connectivity index (χ1) is 15.0. The minimum absolute atomic E-state index is 0.0501. The number of nitrogens with zero attached hydrogens (tertiary/aromatic N) is 4. The second-order valence-corrected chi connectivity index (χ2v) is 10.7. The Morgan fingerprint density at radius 2 is 1.97 bits per heavy atom. The van der Waals surface area contributed by atoms with Gasteiger partial charge in [0, 0.05) is 18.5 Å². The van der Waals surface area contributed by atoms with Crippen molar-refractivity contribution in [2.75, 3.05) is 18.5 Å². The van der Waals surface area contributed by atoms with E-state index >= 15 is 0 Å². The van der Waals surface area contributed by atoms with E-state index in [4.69, 9.17) is 4.99 Å². The molecule has 0 N–H and O–H groups in total. The Morgan fingerprint density at radius 3 is 2.77 bits per heavy atom. The van der Waals surface area contributed by atoms with Crippen molar-refractivity contribution in [3.63, 3.8) is 0 Å². The summed E-state index contributed by atoms with van der Waals surface area (Å²) in [7, 11) is 2.03. The van der Waals surface area contributed by atoms with Gasteiger partial charge in [0.1, 0.15) is 4.91 Å². The Labute approximate surface area is 194 Å². The largest absolute Gasteiger partial charge is 0.337 e. The highest BCUT2D eigenvalue weighted by Gasteiger charge is 2.38. The summed E-state index contributed by atoms with van der Waals surface area (Å²) in [4.78, 5) is 28.8. The van der Waals surface area contributed by atoms with Crippen molar-refractivity contribution < 1.29 is 4.79 Å². The molecule has 1 saturated heterocycles. The predicted octanol–water partition coefficient (Wildman–Crippen LogP) is 6.38. The van der Waals surface area contributed by atoms with Crippen molar-refractivity contribution in [1.82, 2.24) is 9.88 Å². The van der Waals surface area contributed by atoms with Crippen molar-refractivity contribution in [3.8, 4) is 0 Å². The van der Waals surface area contributed by atoms with E-state index in [9.17, 15) is 4.79 Å². The van der Waals surface area contributed by atoms with Gasteiger partial charge in [-0.2, -0.15) is 0 Å². The van der Waals surface area contributed by atoms with E-state index in [0.29, 0.717) is 6.54 Å². The van der Waals surface area contributed by atoms with Crippen LogP contribution in [0.2, 0.25) is 0 Å². The van der Waals surface area contributed by atoms with Gasteiger partial charge in [-0.25, -0.2) is 9.98 Å². The van der Waals surface area contributed by atoms with E-state index in [-0.39, 0.29) is 5.91 Å². The van der Waals surface area contributed by atoms with Crippen LogP contribution in [0.5, 0.6) is 0 Å². The Balaban J connectivity index is 1.53. The maximum atomic E-state index is 13.4. The van der Waals surface area contributed by atoms with Crippen molar-refractivity contribution in [3.05, 3.63) is 57.4 Å². The minimum Gasteiger partial charge on any atom is -0.337 e. The number of hydrogen-bond donors (Lipinski definition) is 0. The van der Waals surface area contributed by atoms with Gasteiger partial charge in [0.15, 0.2) is 5.17 Å². The quantitative estimate of drug-likeness (QED) is 0.418. The monoisotopic (exact) mass is 466 g/mol. The Hall–Kier alpha value is -2.29. The second-order valence-electron chi connectivity index (χ2n) is 7.45. The number of thioether (sulfide) groups is 2. The number of thiazole rings is 1. The summed E-state index contributed by atoms with van der Waals surface area (Å²) < 4.78 is 1.12. The molecule has 31 heavy (non-hydrogen) atoms. The van der Waals surface area contributed by atoms with Crippen LogP contribution in [0.25, 0.3) is 10.2 Å². The van der Waals surface area contributed by atoms with Gasteiger partial charge in [0.2, 0.25) is 0 Å². The number of amidine groups is 1. The number of hydrogen-bond acceptors (Lipinski definition) is 7. The lowest BCUT2D eigenvalue weighted by Gasteiger charge is -2.16. The average molecular weight is 467 g/mol. The lowest BCUT2D eigenvalue weighted by Crippen LogP contribution is -2.30. The number of fused-ring (bicyclic) bond motifs is 2. The first kappa shape index (κ1) is 20.6. The number of aliphatic imine (C=N–C) groups is 1. The van der Waals surface area contributed by atoms with Gasteiger partial charge < -0.3 is 4.90 Å². The number of rotatable bonds is 4. The summed E-state index contributed by atoms with van der Waals surface area (Å²) in [6.07, 6.45) is 1.98. The maximum absolute atomic E-state index is 13.4. The summed E-state index contributed by atoms with van der Waals surface area (Å²) in [5.74, 6) is 0.0501. The van der Waals surface area contributed by atoms with Crippen molar-refractivity contribution in [2.24, 2.45) is 4.99 Å². The van der Waals surface area contributed by atoms with Gasteiger partial charge >= 0.3 is 0 Å². The third-order valence-electron chi connectivity index (χ3n) is 5.23. The molecule has 0 atom stereocenters. The van der Waals surface area contributed by atoms with Crippen LogP contribution in [0.3, 0.4) is 0 Å². The summed E-state index contributed by atoms with van der Waals surface area (Å²) in [6.45, 7) is 4.84. The van der Waals surface area contributed by atoms with Crippen LogP contribution in [-0.4, -0.2) is 34.6 Å². The number of unbranched alkanes of at least 4 members (excludes halogenated alkanes) is 1. The first-order valence-corrected chi connectivity index (χ1v) is 12.7. The number of aromatic nitrogens is 1. The van der Waals surface area contributed by atoms with Crippen LogP contribution in [0.1, 0.15) is 24.8 Å². The summed E-state index contributed by atoms with van der Waals surface area (Å²) >= 11 is 4.81. The lowest BCUT2D eigenvalue weighted by molar-refractivity contribution is -0.122. The van der Waals surface area contributed by atoms with Gasteiger partial charge in [-0.1, -0.05) is 37.2 Å². The molecule has 1 amide bonds. The fourth-order valence-electron chi connectivity index (χ4n) is 3.64. The maximum Gasteiger partial charge on any atom is 0.269 e. The third-order valence-corrected chi connectivity index (χ3v) is 8.60. The molecule has 0 saturated carbocycles. The van der Waals surface area contributed by atoms with Gasteiger partial charge in [0.25, 0.3) is 5.91 Å². The van der Waals surface area contributed by atoms with Gasteiger partial charge in [-0.15, -0.1) is 11.3 Å². The van der Waals surface area contributed by atoms with Gasteiger partial charge in [0.05, 0.1) is 31.6 Å². The minimum atomic E-state index is 0.0501. The van der Waals surface area contributed by atoms with Crippen LogP contribution in [0, 0.1) is 6.92 Å². The highest BCUT2D eigenvalue weighted by Crippen LogP contribution is 2.50. The number of aryl methyl sites for hydroxylation is 1. The second kappa shape index (κ2) is 8.33. The molecule has 0 radical (unpaired) electrons. The zero-order valence-corrected chi connectivity index (χ0v) is 20.0. The number of carbonyl (C=O) groups is 1. The lowest BCUT2D eigenvalue weighted by atomic mass is 10.3. The highest BCUT2D eigenvalue weighted by molar-refractivity contribution is 8.19. The Morgan fingerprint density at radius 1 is 1.13 bits per heavy atom. The molecule has 8 heteroatoms. The number of amides is 1. The summed E-state index contributed by atoms with van der Waals surface area (Å²) in [6, 6.07) is 14.3. The number of benzene rings is 2. The molecule has 5 rings (SSSR count). The molecule has 2 aliphatic rings. The molecule has 5 nitrogen and oxygen atoms in total. The molecular weight excluding hydrogens is 444 g/mol. The molecule has 0 unspecified atom stereocenters. The van der Waals surface area contributed by atoms with Crippen LogP contribution < -0.4 is 4.90 Å². The fraction of sp³-hybridized carbons (Fsp3) is 0.261. The van der Waals surface area contributed by atoms with Crippen LogP contribution in [-0.2, 0) is 4.79 Å². The van der Waals surface area contributed by atoms with E-state index in [0.717, 1.165) is 54.5 Å². The van der Waals surface area contributed by atoms with E-state index < -0.39 is 0 Å². The van der Waals surface area contributed by atoms with Crippen molar-refractivity contribution in [2.45, 2.75) is 31.6 Å². The smallest absolute Gasteiger partial charge is 0.269 e. The topological polar surface area (TPSA) is 48.8 Å². The molecule has 2 aliphatic heterocycles. The Kier molecular flexibility index (Phi) is 5.54. The van der Waals surface area contributed by atoms with Crippen molar-refractivity contribution in [1.29, 1.82) is 0 Å². The molecule has 0 aliphatic carbocycles. The molecule has 3 heterocycles. The average Bonchev–Trinajstić information content (AvgIpc) is 3.39. The van der Waals surface area contributed by atoms with Crippen molar-refractivity contribution >= 4 is 67.5 Å². The number of anilines is 1. The highest BCUT2D eigenvalue weighted by atomic mass is 32.2. The van der Waals surface area contributed by atoms with Crippen LogP contribution in [0.4, 0.5) is 11.4 Å². The van der Waals surface area contributed by atoms with Gasteiger partial charge in [-0.3, -0.25) is 9.69 Å². The number of para-hydroxylation sites is 1. The predicted molar refractivity (Wildman–Crippen MR) is 133 cm³/mol. The molecule has 0 bridgehead atoms. The van der Waals surface area contributed by atoms with Crippen LogP contribution in [0.15, 0.2) is 62.3 Å². The molecule has 2 aromatic carbocycles. The summed E-state index contributed by atoms with van der Waals surface area (Å²) in [5, 5.41) is 2.78. The van der Waals surface area contributed by atoms with E-state index in [1.807, 2.05) is 43.1 Å². The van der Waals surface area contributed by atoms with E-state index in [1.165, 1.54) is 16.7 Å². The van der Waals surface area contributed by atoms with Gasteiger partial charge in [-0.05, 0) is 55.4 Å². The molecule has 1 aromatic heterocycles. The first-order valence-electron chi connectivity index (χ1n) is 10.3.